The normalized spacial score (nSPS) is 25.7. The highest BCUT2D eigenvalue weighted by Crippen LogP contribution is 2.27. The number of nitrogens with one attached hydrogen (secondary N) is 1. The predicted molar refractivity (Wildman–Crippen MR) is 84.3 cm³/mol. The van der Waals surface area contributed by atoms with Gasteiger partial charge in [0, 0.05) is 38.6 Å². The highest BCUT2D eigenvalue weighted by atomic mass is 19.3. The maximum Gasteiger partial charge on any atom is 0.262 e. The van der Waals surface area contributed by atoms with Crippen LogP contribution in [0.5, 0.6) is 0 Å². The van der Waals surface area contributed by atoms with E-state index in [-0.39, 0.29) is 17.8 Å². The van der Waals surface area contributed by atoms with Gasteiger partial charge in [-0.2, -0.15) is 0 Å². The molecule has 7 heteroatoms. The zero-order valence-electron chi connectivity index (χ0n) is 13.6. The standard InChI is InChI=1S/C17H22F3N3O/c1-12(13-3-2-4-14(18)9-13)22-5-7-23(8-6-22)16(24)15-10-17(19,20)11-21-15/h2-4,9,12,15,21H,5-8,10-11H2,1H3. The summed E-state index contributed by atoms with van der Waals surface area (Å²) in [5.41, 5.74) is 0.895. The van der Waals surface area contributed by atoms with Crippen molar-refractivity contribution in [1.29, 1.82) is 0 Å². The van der Waals surface area contributed by atoms with Crippen molar-refractivity contribution < 1.29 is 18.0 Å². The fourth-order valence-corrected chi connectivity index (χ4v) is 3.42. The van der Waals surface area contributed by atoms with Crippen molar-refractivity contribution in [2.45, 2.75) is 31.4 Å². The molecule has 0 aliphatic carbocycles. The number of halogens is 3. The molecule has 0 aromatic heterocycles. The molecule has 2 unspecified atom stereocenters. The third-order valence-electron chi connectivity index (χ3n) is 4.91. The van der Waals surface area contributed by atoms with Crippen molar-refractivity contribution in [3.63, 3.8) is 0 Å². The van der Waals surface area contributed by atoms with Crippen molar-refractivity contribution in [3.8, 4) is 0 Å². The topological polar surface area (TPSA) is 35.6 Å². The molecule has 1 N–H and O–H groups in total. The van der Waals surface area contributed by atoms with Crippen LogP contribution in [0, 0.1) is 5.82 Å². The number of benzene rings is 1. The first-order valence-corrected chi connectivity index (χ1v) is 8.25. The van der Waals surface area contributed by atoms with E-state index in [2.05, 4.69) is 10.2 Å². The number of piperazine rings is 1. The monoisotopic (exact) mass is 341 g/mol. The number of rotatable bonds is 3. The van der Waals surface area contributed by atoms with Crippen molar-refractivity contribution in [1.82, 2.24) is 15.1 Å². The van der Waals surface area contributed by atoms with E-state index in [0.717, 1.165) is 5.56 Å². The molecule has 3 rings (SSSR count). The lowest BCUT2D eigenvalue weighted by Gasteiger charge is -2.39. The van der Waals surface area contributed by atoms with Gasteiger partial charge in [-0.15, -0.1) is 0 Å². The lowest BCUT2D eigenvalue weighted by Crippen LogP contribution is -2.53. The van der Waals surface area contributed by atoms with Gasteiger partial charge in [0.05, 0.1) is 12.6 Å². The zero-order valence-corrected chi connectivity index (χ0v) is 13.6. The molecule has 1 aromatic carbocycles. The van der Waals surface area contributed by atoms with Crippen molar-refractivity contribution in [3.05, 3.63) is 35.6 Å². The Labute approximate surface area is 139 Å². The Hall–Kier alpha value is -1.60. The number of carbonyl (C=O) groups is 1. The second-order valence-electron chi connectivity index (χ2n) is 6.59. The Morgan fingerprint density at radius 2 is 2.00 bits per heavy atom. The van der Waals surface area contributed by atoms with Gasteiger partial charge < -0.3 is 4.90 Å². The molecule has 0 bridgehead atoms. The number of alkyl halides is 2. The van der Waals surface area contributed by atoms with Crippen LogP contribution < -0.4 is 5.32 Å². The van der Waals surface area contributed by atoms with E-state index in [1.807, 2.05) is 13.0 Å². The van der Waals surface area contributed by atoms with Crippen molar-refractivity contribution >= 4 is 5.91 Å². The molecule has 0 spiro atoms. The van der Waals surface area contributed by atoms with Crippen molar-refractivity contribution in [2.75, 3.05) is 32.7 Å². The second-order valence-corrected chi connectivity index (χ2v) is 6.59. The van der Waals surface area contributed by atoms with E-state index < -0.39 is 24.9 Å². The van der Waals surface area contributed by atoms with Crippen LogP contribution in [0.1, 0.15) is 24.9 Å². The Kier molecular flexibility index (Phi) is 4.83. The lowest BCUT2D eigenvalue weighted by atomic mass is 10.1. The van der Waals surface area contributed by atoms with E-state index >= 15 is 0 Å². The van der Waals surface area contributed by atoms with Gasteiger partial charge >= 0.3 is 0 Å². The molecule has 0 saturated carbocycles. The maximum absolute atomic E-state index is 13.4. The quantitative estimate of drug-likeness (QED) is 0.914. The summed E-state index contributed by atoms with van der Waals surface area (Å²) in [4.78, 5) is 16.2. The average Bonchev–Trinajstić information content (AvgIpc) is 2.93. The Bertz CT molecular complexity index is 602. The van der Waals surface area contributed by atoms with Crippen molar-refractivity contribution in [2.24, 2.45) is 0 Å². The fraction of sp³-hybridized carbons (Fsp3) is 0.588. The van der Waals surface area contributed by atoms with Crippen LogP contribution in [-0.2, 0) is 4.79 Å². The Morgan fingerprint density at radius 1 is 1.29 bits per heavy atom. The number of hydrogen-bond donors (Lipinski definition) is 1. The van der Waals surface area contributed by atoms with E-state index in [9.17, 15) is 18.0 Å². The molecule has 2 fully saturated rings. The number of carbonyl (C=O) groups excluding carboxylic acids is 1. The SMILES string of the molecule is CC(c1cccc(F)c1)N1CCN(C(=O)C2CC(F)(F)CN2)CC1. The van der Waals surface area contributed by atoms with Gasteiger partial charge in [-0.25, -0.2) is 13.2 Å². The van der Waals surface area contributed by atoms with Crippen LogP contribution in [0.4, 0.5) is 13.2 Å². The summed E-state index contributed by atoms with van der Waals surface area (Å²) in [7, 11) is 0. The maximum atomic E-state index is 13.4. The van der Waals surface area contributed by atoms with E-state index in [1.165, 1.54) is 12.1 Å². The van der Waals surface area contributed by atoms with Crippen LogP contribution in [-0.4, -0.2) is 60.4 Å². The fourth-order valence-electron chi connectivity index (χ4n) is 3.42. The van der Waals surface area contributed by atoms with Crippen LogP contribution >= 0.6 is 0 Å². The van der Waals surface area contributed by atoms with Gasteiger partial charge in [0.1, 0.15) is 5.82 Å². The molecule has 0 radical (unpaired) electrons. The summed E-state index contributed by atoms with van der Waals surface area (Å²) in [6.45, 7) is 3.87. The van der Waals surface area contributed by atoms with Gasteiger partial charge in [-0.05, 0) is 24.6 Å². The Morgan fingerprint density at radius 3 is 2.58 bits per heavy atom. The number of amides is 1. The summed E-state index contributed by atoms with van der Waals surface area (Å²) in [5.74, 6) is -3.31. The van der Waals surface area contributed by atoms with Gasteiger partial charge in [0.2, 0.25) is 5.91 Å². The van der Waals surface area contributed by atoms with Crippen LogP contribution in [0.3, 0.4) is 0 Å². The molecule has 132 valence electrons. The zero-order chi connectivity index (χ0) is 17.3. The second kappa shape index (κ2) is 6.72. The van der Waals surface area contributed by atoms with Gasteiger partial charge in [0.25, 0.3) is 5.92 Å². The molecule has 1 amide bonds. The molecule has 2 atom stereocenters. The minimum absolute atomic E-state index is 0.0480. The molecule has 1 aromatic rings. The summed E-state index contributed by atoms with van der Waals surface area (Å²) < 4.78 is 39.8. The first-order chi connectivity index (χ1) is 11.4. The largest absolute Gasteiger partial charge is 0.339 e. The first kappa shape index (κ1) is 17.2. The summed E-state index contributed by atoms with van der Waals surface area (Å²) in [6, 6.07) is 5.77. The van der Waals surface area contributed by atoms with Crippen LogP contribution in [0.15, 0.2) is 24.3 Å². The third kappa shape index (κ3) is 3.72. The van der Waals surface area contributed by atoms with Gasteiger partial charge in [-0.1, -0.05) is 12.1 Å². The third-order valence-corrected chi connectivity index (χ3v) is 4.91. The minimum atomic E-state index is -2.80. The average molecular weight is 341 g/mol. The minimum Gasteiger partial charge on any atom is -0.339 e. The number of hydrogen-bond acceptors (Lipinski definition) is 3. The highest BCUT2D eigenvalue weighted by molar-refractivity contribution is 5.82. The molecule has 4 nitrogen and oxygen atoms in total. The predicted octanol–water partition coefficient (Wildman–Crippen LogP) is 2.03. The molecule has 2 saturated heterocycles. The Balaban J connectivity index is 1.55. The van der Waals surface area contributed by atoms with E-state index in [0.29, 0.717) is 26.2 Å². The first-order valence-electron chi connectivity index (χ1n) is 8.25. The van der Waals surface area contributed by atoms with Crippen LogP contribution in [0.25, 0.3) is 0 Å². The smallest absolute Gasteiger partial charge is 0.262 e. The molecular formula is C17H22F3N3O. The molecule has 24 heavy (non-hydrogen) atoms. The van der Waals surface area contributed by atoms with E-state index in [1.54, 1.807) is 11.0 Å². The number of nitrogens with zero attached hydrogens (tertiary/aromatic N) is 2. The molecule has 2 aliphatic rings. The summed E-state index contributed by atoms with van der Waals surface area (Å²) in [6.07, 6.45) is -0.425. The summed E-state index contributed by atoms with van der Waals surface area (Å²) in [5, 5.41) is 2.61. The van der Waals surface area contributed by atoms with Gasteiger partial charge in [-0.3, -0.25) is 15.0 Å². The van der Waals surface area contributed by atoms with Gasteiger partial charge in [0.15, 0.2) is 0 Å². The lowest BCUT2D eigenvalue weighted by molar-refractivity contribution is -0.135. The van der Waals surface area contributed by atoms with E-state index in [4.69, 9.17) is 0 Å². The molecule has 2 heterocycles. The highest BCUT2D eigenvalue weighted by Gasteiger charge is 2.43. The molecule has 2 aliphatic heterocycles. The van der Waals surface area contributed by atoms with Crippen LogP contribution in [0.2, 0.25) is 0 Å². The summed E-state index contributed by atoms with van der Waals surface area (Å²) >= 11 is 0. The molecular weight excluding hydrogens is 319 g/mol.